The number of hydrogen-bond donors (Lipinski definition) is 1. The van der Waals surface area contributed by atoms with E-state index in [1.54, 1.807) is 6.07 Å². The molecule has 1 aliphatic carbocycles. The molecule has 1 N–H and O–H groups in total. The number of phenolic OH excluding ortho intramolecular Hbond substituents is 1. The maximum atomic E-state index is 11.7. The van der Waals surface area contributed by atoms with Gasteiger partial charge in [-0.05, 0) is 36.5 Å². The van der Waals surface area contributed by atoms with E-state index in [-0.39, 0.29) is 11.5 Å². The minimum absolute atomic E-state index is 0.0833. The van der Waals surface area contributed by atoms with Crippen LogP contribution in [0.3, 0.4) is 0 Å². The van der Waals surface area contributed by atoms with E-state index in [9.17, 15) is 9.90 Å². The van der Waals surface area contributed by atoms with Crippen LogP contribution in [0.15, 0.2) is 12.1 Å². The van der Waals surface area contributed by atoms with Crippen molar-refractivity contribution in [1.82, 2.24) is 0 Å². The lowest BCUT2D eigenvalue weighted by atomic mass is 9.81. The van der Waals surface area contributed by atoms with Gasteiger partial charge in [-0.15, -0.1) is 0 Å². The molecular formula is C12H14O2. The summed E-state index contributed by atoms with van der Waals surface area (Å²) in [5.74, 6) is 0.623. The zero-order chi connectivity index (χ0) is 10.3. The third kappa shape index (κ3) is 1.31. The Hall–Kier alpha value is -1.31. The molecule has 1 atom stereocenters. The number of carbonyl (C=O) groups is 1. The molecule has 1 aliphatic rings. The highest BCUT2D eigenvalue weighted by Crippen LogP contribution is 2.33. The second-order valence-corrected chi connectivity index (χ2v) is 4.19. The van der Waals surface area contributed by atoms with Gasteiger partial charge in [0.05, 0.1) is 5.56 Å². The molecule has 0 unspecified atom stereocenters. The van der Waals surface area contributed by atoms with Crippen LogP contribution in [0, 0.1) is 12.8 Å². The standard InChI is InChI=1S/C12H14O2/c1-7-5-9-8(2)3-4-10(13)12(9)11(14)6-7/h3-4,7,13H,5-6H2,1-2H3/t7-/m1/s1. The molecule has 0 amide bonds. The summed E-state index contributed by atoms with van der Waals surface area (Å²) in [5.41, 5.74) is 2.70. The summed E-state index contributed by atoms with van der Waals surface area (Å²) in [7, 11) is 0. The predicted molar refractivity (Wildman–Crippen MR) is 54.7 cm³/mol. The van der Waals surface area contributed by atoms with E-state index in [4.69, 9.17) is 0 Å². The van der Waals surface area contributed by atoms with Gasteiger partial charge in [-0.1, -0.05) is 13.0 Å². The van der Waals surface area contributed by atoms with E-state index in [1.165, 1.54) is 0 Å². The van der Waals surface area contributed by atoms with Crippen LogP contribution in [0.25, 0.3) is 0 Å². The van der Waals surface area contributed by atoms with Gasteiger partial charge >= 0.3 is 0 Å². The van der Waals surface area contributed by atoms with Crippen LogP contribution in [0.2, 0.25) is 0 Å². The van der Waals surface area contributed by atoms with Crippen molar-refractivity contribution in [3.05, 3.63) is 28.8 Å². The first-order valence-electron chi connectivity index (χ1n) is 4.94. The van der Waals surface area contributed by atoms with Crippen LogP contribution >= 0.6 is 0 Å². The lowest BCUT2D eigenvalue weighted by Gasteiger charge is -2.22. The highest BCUT2D eigenvalue weighted by Gasteiger charge is 2.26. The van der Waals surface area contributed by atoms with Crippen molar-refractivity contribution >= 4 is 5.78 Å². The van der Waals surface area contributed by atoms with Crippen LogP contribution in [0.4, 0.5) is 0 Å². The predicted octanol–water partition coefficient (Wildman–Crippen LogP) is 2.47. The Balaban J connectivity index is 2.63. The molecule has 0 saturated carbocycles. The zero-order valence-electron chi connectivity index (χ0n) is 8.50. The van der Waals surface area contributed by atoms with E-state index < -0.39 is 0 Å². The maximum absolute atomic E-state index is 11.7. The Morgan fingerprint density at radius 1 is 1.36 bits per heavy atom. The first-order chi connectivity index (χ1) is 6.59. The van der Waals surface area contributed by atoms with Gasteiger partial charge in [-0.25, -0.2) is 0 Å². The molecule has 1 aromatic carbocycles. The first-order valence-corrected chi connectivity index (χ1v) is 4.94. The minimum Gasteiger partial charge on any atom is -0.507 e. The van der Waals surface area contributed by atoms with E-state index in [0.717, 1.165) is 17.5 Å². The van der Waals surface area contributed by atoms with Crippen molar-refractivity contribution in [2.75, 3.05) is 0 Å². The molecule has 2 heteroatoms. The Labute approximate surface area is 83.6 Å². The summed E-state index contributed by atoms with van der Waals surface area (Å²) >= 11 is 0. The highest BCUT2D eigenvalue weighted by molar-refractivity contribution is 6.01. The van der Waals surface area contributed by atoms with Gasteiger partial charge in [0.1, 0.15) is 5.75 Å². The highest BCUT2D eigenvalue weighted by atomic mass is 16.3. The summed E-state index contributed by atoms with van der Waals surface area (Å²) in [5, 5.41) is 9.62. The number of aryl methyl sites for hydroxylation is 1. The van der Waals surface area contributed by atoms with Gasteiger partial charge < -0.3 is 5.11 Å². The molecule has 0 bridgehead atoms. The van der Waals surface area contributed by atoms with Crippen molar-refractivity contribution in [2.45, 2.75) is 26.7 Å². The number of hydrogen-bond acceptors (Lipinski definition) is 2. The lowest BCUT2D eigenvalue weighted by Crippen LogP contribution is -2.19. The van der Waals surface area contributed by atoms with Crippen LogP contribution < -0.4 is 0 Å². The van der Waals surface area contributed by atoms with Crippen molar-refractivity contribution in [1.29, 1.82) is 0 Å². The molecule has 0 aliphatic heterocycles. The summed E-state index contributed by atoms with van der Waals surface area (Å²) in [6.45, 7) is 4.06. The van der Waals surface area contributed by atoms with Crippen molar-refractivity contribution in [3.8, 4) is 5.75 Å². The number of phenols is 1. The minimum atomic E-state index is 0.0833. The Kier molecular flexibility index (Phi) is 2.06. The molecule has 0 radical (unpaired) electrons. The fraction of sp³-hybridized carbons (Fsp3) is 0.417. The molecule has 0 spiro atoms. The number of rotatable bonds is 0. The third-order valence-electron chi connectivity index (χ3n) is 2.89. The quantitative estimate of drug-likeness (QED) is 0.682. The van der Waals surface area contributed by atoms with E-state index in [2.05, 4.69) is 6.92 Å². The Bertz CT molecular complexity index is 394. The summed E-state index contributed by atoms with van der Waals surface area (Å²) in [4.78, 5) is 11.7. The van der Waals surface area contributed by atoms with Crippen molar-refractivity contribution in [3.63, 3.8) is 0 Å². The van der Waals surface area contributed by atoms with E-state index in [0.29, 0.717) is 17.9 Å². The molecule has 74 valence electrons. The SMILES string of the molecule is Cc1ccc(O)c2c1C[C@@H](C)CC2=O. The number of carbonyl (C=O) groups excluding carboxylic acids is 1. The smallest absolute Gasteiger partial charge is 0.167 e. The lowest BCUT2D eigenvalue weighted by molar-refractivity contribution is 0.0950. The van der Waals surface area contributed by atoms with Crippen LogP contribution in [-0.2, 0) is 6.42 Å². The monoisotopic (exact) mass is 190 g/mol. The second kappa shape index (κ2) is 3.12. The van der Waals surface area contributed by atoms with Crippen LogP contribution in [0.5, 0.6) is 5.75 Å². The van der Waals surface area contributed by atoms with Gasteiger partial charge in [0.15, 0.2) is 5.78 Å². The number of fused-ring (bicyclic) bond motifs is 1. The summed E-state index contributed by atoms with van der Waals surface area (Å²) < 4.78 is 0. The van der Waals surface area contributed by atoms with E-state index in [1.807, 2.05) is 13.0 Å². The number of Topliss-reactive ketones (excluding diaryl/α,β-unsaturated/α-hetero) is 1. The number of ketones is 1. The number of aromatic hydroxyl groups is 1. The summed E-state index contributed by atoms with van der Waals surface area (Å²) in [6, 6.07) is 3.49. The van der Waals surface area contributed by atoms with Gasteiger partial charge in [-0.2, -0.15) is 0 Å². The average Bonchev–Trinajstić information content (AvgIpc) is 2.10. The fourth-order valence-corrected chi connectivity index (χ4v) is 2.15. The van der Waals surface area contributed by atoms with Gasteiger partial charge in [-0.3, -0.25) is 4.79 Å². The molecule has 0 saturated heterocycles. The van der Waals surface area contributed by atoms with Crippen LogP contribution in [-0.4, -0.2) is 10.9 Å². The van der Waals surface area contributed by atoms with E-state index >= 15 is 0 Å². The molecular weight excluding hydrogens is 176 g/mol. The molecule has 0 fully saturated rings. The first kappa shape index (κ1) is 9.25. The second-order valence-electron chi connectivity index (χ2n) is 4.19. The van der Waals surface area contributed by atoms with Gasteiger partial charge in [0, 0.05) is 6.42 Å². The van der Waals surface area contributed by atoms with Gasteiger partial charge in [0.25, 0.3) is 0 Å². The Morgan fingerprint density at radius 3 is 2.79 bits per heavy atom. The molecule has 0 heterocycles. The number of benzene rings is 1. The van der Waals surface area contributed by atoms with Crippen LogP contribution in [0.1, 0.15) is 34.8 Å². The average molecular weight is 190 g/mol. The largest absolute Gasteiger partial charge is 0.507 e. The molecule has 0 aromatic heterocycles. The molecule has 1 aromatic rings. The van der Waals surface area contributed by atoms with Gasteiger partial charge in [0.2, 0.25) is 0 Å². The molecule has 14 heavy (non-hydrogen) atoms. The van der Waals surface area contributed by atoms with Crippen molar-refractivity contribution in [2.24, 2.45) is 5.92 Å². The third-order valence-corrected chi connectivity index (χ3v) is 2.89. The topological polar surface area (TPSA) is 37.3 Å². The molecule has 2 nitrogen and oxygen atoms in total. The summed E-state index contributed by atoms with van der Waals surface area (Å²) in [6.07, 6.45) is 1.46. The normalized spacial score (nSPS) is 20.7. The zero-order valence-corrected chi connectivity index (χ0v) is 8.50. The maximum Gasteiger partial charge on any atom is 0.167 e. The Morgan fingerprint density at radius 2 is 2.07 bits per heavy atom. The van der Waals surface area contributed by atoms with Crippen molar-refractivity contribution < 1.29 is 9.90 Å². The molecule has 2 rings (SSSR count). The fourth-order valence-electron chi connectivity index (χ4n) is 2.15.